The molecule has 0 radical (unpaired) electrons. The molecule has 0 fully saturated rings. The van der Waals surface area contributed by atoms with Gasteiger partial charge < -0.3 is 9.47 Å². The molecule has 1 amide bonds. The largest absolute Gasteiger partial charge is 0.493 e. The zero-order chi connectivity index (χ0) is 19.4. The third kappa shape index (κ3) is 4.06. The van der Waals surface area contributed by atoms with E-state index in [0.717, 1.165) is 22.1 Å². The Morgan fingerprint density at radius 3 is 2.63 bits per heavy atom. The van der Waals surface area contributed by atoms with Gasteiger partial charge in [0.1, 0.15) is 0 Å². The van der Waals surface area contributed by atoms with Gasteiger partial charge in [-0.3, -0.25) is 4.79 Å². The number of hydrogen-bond donors (Lipinski definition) is 0. The predicted molar refractivity (Wildman–Crippen MR) is 111 cm³/mol. The van der Waals surface area contributed by atoms with E-state index in [1.807, 2.05) is 62.4 Å². The molecule has 1 aliphatic rings. The monoisotopic (exact) mass is 428 g/mol. The fourth-order valence-electron chi connectivity index (χ4n) is 2.76. The average molecular weight is 429 g/mol. The van der Waals surface area contributed by atoms with Crippen molar-refractivity contribution in [1.29, 1.82) is 0 Å². The highest BCUT2D eigenvalue weighted by Crippen LogP contribution is 2.37. The molecule has 0 N–H and O–H groups in total. The number of rotatable bonds is 6. The van der Waals surface area contributed by atoms with Crippen LogP contribution in [0.2, 0.25) is 0 Å². The maximum Gasteiger partial charge on any atom is 0.280 e. The Morgan fingerprint density at radius 2 is 1.96 bits per heavy atom. The van der Waals surface area contributed by atoms with E-state index < -0.39 is 0 Å². The number of benzene rings is 2. The molecule has 0 spiro atoms. The normalized spacial score (nSPS) is 15.3. The van der Waals surface area contributed by atoms with Crippen molar-refractivity contribution in [1.82, 2.24) is 0 Å². The molecule has 1 heterocycles. The van der Waals surface area contributed by atoms with E-state index in [2.05, 4.69) is 21.0 Å². The van der Waals surface area contributed by atoms with Crippen LogP contribution < -0.4 is 14.5 Å². The Balaban J connectivity index is 1.94. The summed E-state index contributed by atoms with van der Waals surface area (Å²) in [6.45, 7) is 4.48. The first-order chi connectivity index (χ1) is 13.0. The van der Waals surface area contributed by atoms with Crippen LogP contribution >= 0.6 is 15.9 Å². The van der Waals surface area contributed by atoms with Gasteiger partial charge in [-0.15, -0.1) is 0 Å². The maximum absolute atomic E-state index is 12.8. The summed E-state index contributed by atoms with van der Waals surface area (Å²) >= 11 is 3.54. The lowest BCUT2D eigenvalue weighted by Gasteiger charge is -2.13. The summed E-state index contributed by atoms with van der Waals surface area (Å²) in [6.07, 6.45) is 2.72. The molecule has 27 heavy (non-hydrogen) atoms. The highest BCUT2D eigenvalue weighted by molar-refractivity contribution is 9.10. The number of hydrazone groups is 1. The molecule has 0 saturated carbocycles. The summed E-state index contributed by atoms with van der Waals surface area (Å²) in [5, 5.41) is 5.83. The molecule has 0 atom stereocenters. The molecule has 0 unspecified atom stereocenters. The number of carbonyl (C=O) groups excluding carboxylic acids is 1. The highest BCUT2D eigenvalue weighted by Gasteiger charge is 2.28. The Hall–Kier alpha value is -2.60. The zero-order valence-corrected chi connectivity index (χ0v) is 17.1. The lowest BCUT2D eigenvalue weighted by Crippen LogP contribution is -2.21. The van der Waals surface area contributed by atoms with Gasteiger partial charge in [0.2, 0.25) is 0 Å². The summed E-state index contributed by atoms with van der Waals surface area (Å²) in [6, 6.07) is 13.1. The van der Waals surface area contributed by atoms with Gasteiger partial charge in [-0.05, 0) is 65.2 Å². The van der Waals surface area contributed by atoms with E-state index in [4.69, 9.17) is 9.47 Å². The molecular weight excluding hydrogens is 408 g/mol. The first-order valence-corrected chi connectivity index (χ1v) is 9.51. The fourth-order valence-corrected chi connectivity index (χ4v) is 3.34. The topological polar surface area (TPSA) is 51.1 Å². The number of halogens is 1. The van der Waals surface area contributed by atoms with Crippen molar-refractivity contribution in [3.63, 3.8) is 0 Å². The van der Waals surface area contributed by atoms with Crippen molar-refractivity contribution < 1.29 is 14.3 Å². The van der Waals surface area contributed by atoms with Crippen LogP contribution in [-0.4, -0.2) is 25.3 Å². The van der Waals surface area contributed by atoms with Gasteiger partial charge in [-0.1, -0.05) is 25.1 Å². The first-order valence-electron chi connectivity index (χ1n) is 8.72. The predicted octanol–water partition coefficient (Wildman–Crippen LogP) is 5.05. The number of anilines is 1. The molecule has 2 aromatic rings. The minimum atomic E-state index is -0.153. The molecule has 0 saturated heterocycles. The van der Waals surface area contributed by atoms with E-state index in [1.54, 1.807) is 7.11 Å². The second-order valence-corrected chi connectivity index (χ2v) is 6.93. The minimum Gasteiger partial charge on any atom is -0.493 e. The number of methoxy groups -OCH3 is 1. The lowest BCUT2D eigenvalue weighted by atomic mass is 10.1. The number of hydrogen-bond acceptors (Lipinski definition) is 4. The molecule has 0 aliphatic carbocycles. The van der Waals surface area contributed by atoms with Gasteiger partial charge in [-0.2, -0.15) is 10.1 Å². The van der Waals surface area contributed by atoms with Crippen molar-refractivity contribution >= 4 is 39.3 Å². The van der Waals surface area contributed by atoms with Gasteiger partial charge in [-0.25, -0.2) is 0 Å². The van der Waals surface area contributed by atoms with E-state index in [9.17, 15) is 4.79 Å². The fraction of sp³-hybridized carbons (Fsp3) is 0.238. The van der Waals surface area contributed by atoms with E-state index in [0.29, 0.717) is 29.4 Å². The van der Waals surface area contributed by atoms with Crippen molar-refractivity contribution in [2.75, 3.05) is 18.7 Å². The Bertz CT molecular complexity index is 907. The third-order valence-electron chi connectivity index (χ3n) is 4.08. The van der Waals surface area contributed by atoms with Gasteiger partial charge in [0.15, 0.2) is 11.5 Å². The van der Waals surface area contributed by atoms with Crippen LogP contribution in [0.5, 0.6) is 11.5 Å². The van der Waals surface area contributed by atoms with Crippen LogP contribution in [0.25, 0.3) is 6.08 Å². The van der Waals surface area contributed by atoms with Gasteiger partial charge >= 0.3 is 0 Å². The van der Waals surface area contributed by atoms with Crippen molar-refractivity contribution in [2.24, 2.45) is 5.10 Å². The number of amides is 1. The molecule has 0 bridgehead atoms. The van der Waals surface area contributed by atoms with Crippen LogP contribution in [0.4, 0.5) is 5.69 Å². The quantitative estimate of drug-likeness (QED) is 0.604. The lowest BCUT2D eigenvalue weighted by molar-refractivity contribution is -0.114. The van der Waals surface area contributed by atoms with Crippen LogP contribution in [0.3, 0.4) is 0 Å². The first kappa shape index (κ1) is 19.2. The van der Waals surface area contributed by atoms with Gasteiger partial charge in [0, 0.05) is 0 Å². The average Bonchev–Trinajstić information content (AvgIpc) is 2.95. The van der Waals surface area contributed by atoms with E-state index >= 15 is 0 Å². The minimum absolute atomic E-state index is 0.153. The molecule has 140 valence electrons. The van der Waals surface area contributed by atoms with Crippen LogP contribution in [0.15, 0.2) is 57.6 Å². The van der Waals surface area contributed by atoms with Crippen molar-refractivity contribution in [3.8, 4) is 11.5 Å². The molecule has 3 rings (SSSR count). The number of carbonyl (C=O) groups is 1. The van der Waals surface area contributed by atoms with Crippen LogP contribution in [0.1, 0.15) is 25.8 Å². The Morgan fingerprint density at radius 1 is 1.22 bits per heavy atom. The highest BCUT2D eigenvalue weighted by atomic mass is 79.9. The summed E-state index contributed by atoms with van der Waals surface area (Å²) in [7, 11) is 1.60. The standard InChI is InChI=1S/C21H21BrN2O3/c1-4-10-27-20-18(22)12-15(13-19(20)26-3)11-17-14(2)23-24(21(17)25)16-8-6-5-7-9-16/h5-9,11-13H,4,10H2,1-3H3/b17-11+. The molecular formula is C21H21BrN2O3. The second kappa shape index (κ2) is 8.39. The molecule has 6 heteroatoms. The second-order valence-electron chi connectivity index (χ2n) is 6.08. The summed E-state index contributed by atoms with van der Waals surface area (Å²) in [5.41, 5.74) is 2.79. The molecule has 2 aromatic carbocycles. The van der Waals surface area contributed by atoms with Crippen LogP contribution in [0, 0.1) is 0 Å². The van der Waals surface area contributed by atoms with E-state index in [1.165, 1.54) is 5.01 Å². The van der Waals surface area contributed by atoms with Gasteiger partial charge in [0.05, 0.1) is 35.2 Å². The Labute approximate surface area is 167 Å². The van der Waals surface area contributed by atoms with Gasteiger partial charge in [0.25, 0.3) is 5.91 Å². The maximum atomic E-state index is 12.8. The van der Waals surface area contributed by atoms with E-state index in [-0.39, 0.29) is 5.91 Å². The molecule has 1 aliphatic heterocycles. The van der Waals surface area contributed by atoms with Crippen molar-refractivity contribution in [3.05, 3.63) is 58.1 Å². The SMILES string of the molecule is CCCOc1c(Br)cc(/C=C2/C(=O)N(c3ccccc3)N=C2C)cc1OC. The number of nitrogens with zero attached hydrogens (tertiary/aromatic N) is 2. The number of para-hydroxylation sites is 1. The Kier molecular flexibility index (Phi) is 5.96. The number of ether oxygens (including phenoxy) is 2. The molecule has 5 nitrogen and oxygen atoms in total. The van der Waals surface area contributed by atoms with Crippen molar-refractivity contribution in [2.45, 2.75) is 20.3 Å². The zero-order valence-electron chi connectivity index (χ0n) is 15.5. The smallest absolute Gasteiger partial charge is 0.280 e. The summed E-state index contributed by atoms with van der Waals surface area (Å²) in [4.78, 5) is 12.8. The van der Waals surface area contributed by atoms with Crippen LogP contribution in [-0.2, 0) is 4.79 Å². The summed E-state index contributed by atoms with van der Waals surface area (Å²) < 4.78 is 12.0. The third-order valence-corrected chi connectivity index (χ3v) is 4.67. The molecule has 0 aromatic heterocycles. The summed E-state index contributed by atoms with van der Waals surface area (Å²) in [5.74, 6) is 1.13.